The van der Waals surface area contributed by atoms with Gasteiger partial charge in [-0.2, -0.15) is 5.26 Å². The average Bonchev–Trinajstić information content (AvgIpc) is 2.47. The highest BCUT2D eigenvalue weighted by Gasteiger charge is 2.12. The molecule has 96 valence electrons. The van der Waals surface area contributed by atoms with E-state index in [1.165, 1.54) is 0 Å². The van der Waals surface area contributed by atoms with Crippen LogP contribution in [0.15, 0.2) is 48.5 Å². The van der Waals surface area contributed by atoms with Crippen LogP contribution in [0, 0.1) is 11.3 Å². The maximum absolute atomic E-state index is 9.49. The molecule has 1 atom stereocenters. The SMILES string of the molecule is N#Cc1cccc(NC(CO)c2ccccc2)c1N. The Morgan fingerprint density at radius 3 is 2.53 bits per heavy atom. The fraction of sp³-hybridized carbons (Fsp3) is 0.133. The predicted octanol–water partition coefficient (Wildman–Crippen LogP) is 2.29. The first-order chi connectivity index (χ1) is 9.26. The van der Waals surface area contributed by atoms with Gasteiger partial charge in [0.25, 0.3) is 0 Å². The maximum atomic E-state index is 9.49. The van der Waals surface area contributed by atoms with Crippen molar-refractivity contribution in [1.82, 2.24) is 0 Å². The van der Waals surface area contributed by atoms with Gasteiger partial charge in [-0.25, -0.2) is 0 Å². The van der Waals surface area contributed by atoms with Crippen molar-refractivity contribution in [3.63, 3.8) is 0 Å². The van der Waals surface area contributed by atoms with Crippen molar-refractivity contribution in [3.05, 3.63) is 59.7 Å². The summed E-state index contributed by atoms with van der Waals surface area (Å²) in [4.78, 5) is 0. The summed E-state index contributed by atoms with van der Waals surface area (Å²) < 4.78 is 0. The van der Waals surface area contributed by atoms with E-state index in [-0.39, 0.29) is 12.6 Å². The highest BCUT2D eigenvalue weighted by Crippen LogP contribution is 2.26. The molecule has 4 N–H and O–H groups in total. The number of rotatable bonds is 4. The molecule has 0 heterocycles. The molecule has 0 bridgehead atoms. The second kappa shape index (κ2) is 5.89. The van der Waals surface area contributed by atoms with Gasteiger partial charge in [0, 0.05) is 0 Å². The quantitative estimate of drug-likeness (QED) is 0.730. The molecule has 2 aromatic rings. The van der Waals surface area contributed by atoms with Gasteiger partial charge in [-0.1, -0.05) is 36.4 Å². The molecule has 2 rings (SSSR count). The number of benzene rings is 2. The summed E-state index contributed by atoms with van der Waals surface area (Å²) in [6.07, 6.45) is 0. The molecule has 0 saturated carbocycles. The molecule has 2 aromatic carbocycles. The molecule has 0 aliphatic heterocycles. The predicted molar refractivity (Wildman–Crippen MR) is 75.5 cm³/mol. The Morgan fingerprint density at radius 1 is 1.16 bits per heavy atom. The normalized spacial score (nSPS) is 11.6. The molecule has 0 aromatic heterocycles. The molecule has 19 heavy (non-hydrogen) atoms. The lowest BCUT2D eigenvalue weighted by Gasteiger charge is -2.19. The summed E-state index contributed by atoms with van der Waals surface area (Å²) >= 11 is 0. The first kappa shape index (κ1) is 12.9. The lowest BCUT2D eigenvalue weighted by molar-refractivity contribution is 0.276. The number of para-hydroxylation sites is 1. The minimum Gasteiger partial charge on any atom is -0.396 e. The number of nitrogens with one attached hydrogen (secondary N) is 1. The monoisotopic (exact) mass is 253 g/mol. The van der Waals surface area contributed by atoms with Crippen molar-refractivity contribution in [2.24, 2.45) is 0 Å². The molecule has 0 amide bonds. The summed E-state index contributed by atoms with van der Waals surface area (Å²) in [5.41, 5.74) is 8.36. The van der Waals surface area contributed by atoms with Crippen LogP contribution in [0.2, 0.25) is 0 Å². The van der Waals surface area contributed by atoms with Crippen molar-refractivity contribution in [2.75, 3.05) is 17.7 Å². The minimum absolute atomic E-state index is 0.0553. The Morgan fingerprint density at radius 2 is 1.89 bits per heavy atom. The van der Waals surface area contributed by atoms with E-state index >= 15 is 0 Å². The number of nitriles is 1. The zero-order valence-corrected chi connectivity index (χ0v) is 10.4. The summed E-state index contributed by atoms with van der Waals surface area (Å²) in [7, 11) is 0. The number of anilines is 2. The third kappa shape index (κ3) is 2.84. The molecule has 0 spiro atoms. The molecular formula is C15H15N3O. The van der Waals surface area contributed by atoms with Crippen molar-refractivity contribution >= 4 is 11.4 Å². The Hall–Kier alpha value is -2.51. The van der Waals surface area contributed by atoms with Crippen molar-refractivity contribution in [1.29, 1.82) is 5.26 Å². The zero-order chi connectivity index (χ0) is 13.7. The molecule has 0 radical (unpaired) electrons. The Kier molecular flexibility index (Phi) is 4.01. The van der Waals surface area contributed by atoms with Gasteiger partial charge in [0.15, 0.2) is 0 Å². The van der Waals surface area contributed by atoms with E-state index in [9.17, 15) is 5.11 Å². The molecule has 4 nitrogen and oxygen atoms in total. The van der Waals surface area contributed by atoms with E-state index in [1.54, 1.807) is 18.2 Å². The molecule has 0 fully saturated rings. The highest BCUT2D eigenvalue weighted by molar-refractivity contribution is 5.73. The van der Waals surface area contributed by atoms with Crippen LogP contribution in [0.1, 0.15) is 17.2 Å². The number of nitrogens with zero attached hydrogens (tertiary/aromatic N) is 1. The van der Waals surface area contributed by atoms with Crippen LogP contribution in [0.4, 0.5) is 11.4 Å². The van der Waals surface area contributed by atoms with Crippen molar-refractivity contribution < 1.29 is 5.11 Å². The average molecular weight is 253 g/mol. The Bertz CT molecular complexity index is 590. The largest absolute Gasteiger partial charge is 0.396 e. The fourth-order valence-electron chi connectivity index (χ4n) is 1.90. The van der Waals surface area contributed by atoms with Gasteiger partial charge >= 0.3 is 0 Å². The fourth-order valence-corrected chi connectivity index (χ4v) is 1.90. The van der Waals surface area contributed by atoms with Gasteiger partial charge in [0.1, 0.15) is 6.07 Å². The summed E-state index contributed by atoms with van der Waals surface area (Å²) in [5, 5.41) is 21.6. The second-order valence-corrected chi connectivity index (χ2v) is 4.17. The third-order valence-corrected chi connectivity index (χ3v) is 2.94. The van der Waals surface area contributed by atoms with Crippen LogP contribution < -0.4 is 11.1 Å². The molecular weight excluding hydrogens is 238 g/mol. The highest BCUT2D eigenvalue weighted by atomic mass is 16.3. The smallest absolute Gasteiger partial charge is 0.101 e. The van der Waals surface area contributed by atoms with Crippen LogP contribution in [0.5, 0.6) is 0 Å². The number of aliphatic hydroxyl groups excluding tert-OH is 1. The van der Waals surface area contributed by atoms with Crippen LogP contribution in [-0.4, -0.2) is 11.7 Å². The molecule has 1 unspecified atom stereocenters. The Balaban J connectivity index is 2.27. The number of nitrogens with two attached hydrogens (primary N) is 1. The van der Waals surface area contributed by atoms with Gasteiger partial charge in [-0.15, -0.1) is 0 Å². The van der Waals surface area contributed by atoms with E-state index < -0.39 is 0 Å². The van der Waals surface area contributed by atoms with Gasteiger partial charge < -0.3 is 16.2 Å². The lowest BCUT2D eigenvalue weighted by Crippen LogP contribution is -2.16. The topological polar surface area (TPSA) is 82.1 Å². The summed E-state index contributed by atoms with van der Waals surface area (Å²) in [5.74, 6) is 0. The molecule has 4 heteroatoms. The summed E-state index contributed by atoms with van der Waals surface area (Å²) in [6, 6.07) is 16.6. The third-order valence-electron chi connectivity index (χ3n) is 2.94. The van der Waals surface area contributed by atoms with Gasteiger partial charge in [0.2, 0.25) is 0 Å². The van der Waals surface area contributed by atoms with Crippen molar-refractivity contribution in [3.8, 4) is 6.07 Å². The van der Waals surface area contributed by atoms with E-state index in [1.807, 2.05) is 36.4 Å². The summed E-state index contributed by atoms with van der Waals surface area (Å²) in [6.45, 7) is -0.0553. The molecule has 0 aliphatic rings. The number of aliphatic hydroxyl groups is 1. The standard InChI is InChI=1S/C15H15N3O/c16-9-12-7-4-8-13(15(12)17)18-14(10-19)11-5-2-1-3-6-11/h1-8,14,18-19H,10,17H2. The van der Waals surface area contributed by atoms with Crippen molar-refractivity contribution in [2.45, 2.75) is 6.04 Å². The van der Waals surface area contributed by atoms with E-state index in [0.717, 1.165) is 5.56 Å². The van der Waals surface area contributed by atoms with Crippen LogP contribution in [-0.2, 0) is 0 Å². The molecule has 0 aliphatic carbocycles. The Labute approximate surface area is 112 Å². The van der Waals surface area contributed by atoms with Gasteiger partial charge in [-0.3, -0.25) is 0 Å². The molecule has 0 saturated heterocycles. The second-order valence-electron chi connectivity index (χ2n) is 4.17. The van der Waals surface area contributed by atoms with Crippen LogP contribution in [0.3, 0.4) is 0 Å². The zero-order valence-electron chi connectivity index (χ0n) is 10.4. The number of nitrogen functional groups attached to an aromatic ring is 1. The van der Waals surface area contributed by atoms with E-state index in [4.69, 9.17) is 11.0 Å². The van der Waals surface area contributed by atoms with Gasteiger partial charge in [0.05, 0.1) is 29.6 Å². The maximum Gasteiger partial charge on any atom is 0.101 e. The van der Waals surface area contributed by atoms with Crippen LogP contribution >= 0.6 is 0 Å². The minimum atomic E-state index is -0.252. The van der Waals surface area contributed by atoms with E-state index in [0.29, 0.717) is 16.9 Å². The number of hydrogen-bond donors (Lipinski definition) is 3. The van der Waals surface area contributed by atoms with Crippen LogP contribution in [0.25, 0.3) is 0 Å². The first-order valence-corrected chi connectivity index (χ1v) is 5.97. The van der Waals surface area contributed by atoms with E-state index in [2.05, 4.69) is 5.32 Å². The lowest BCUT2D eigenvalue weighted by atomic mass is 10.1. The first-order valence-electron chi connectivity index (χ1n) is 5.97. The number of hydrogen-bond acceptors (Lipinski definition) is 4. The van der Waals surface area contributed by atoms with Gasteiger partial charge in [-0.05, 0) is 17.7 Å².